The fourth-order valence-corrected chi connectivity index (χ4v) is 1.41. The van der Waals surface area contributed by atoms with Crippen molar-refractivity contribution in [2.45, 2.75) is 13.1 Å². The predicted octanol–water partition coefficient (Wildman–Crippen LogP) is 2.17. The van der Waals surface area contributed by atoms with E-state index in [1.807, 2.05) is 0 Å². The van der Waals surface area contributed by atoms with Gasteiger partial charge in [0.2, 0.25) is 0 Å². The number of carboxylic acids is 1. The molecule has 4 nitrogen and oxygen atoms in total. The van der Waals surface area contributed by atoms with Crippen LogP contribution in [0.15, 0.2) is 18.5 Å². The number of carbonyl (C=O) groups is 1. The minimum Gasteiger partial charge on any atom is -0.478 e. The maximum atomic E-state index is 12.3. The van der Waals surface area contributed by atoms with E-state index in [0.717, 1.165) is 11.1 Å². The molecule has 0 aliphatic rings. The summed E-state index contributed by atoms with van der Waals surface area (Å²) in [6, 6.07) is 1.26. The van der Waals surface area contributed by atoms with Gasteiger partial charge >= 0.3 is 12.1 Å². The summed E-state index contributed by atoms with van der Waals surface area (Å²) in [6.45, 7) is 0.398. The zero-order chi connectivity index (χ0) is 13.1. The summed E-state index contributed by atoms with van der Waals surface area (Å²) in [6.07, 6.45) is -2.08. The van der Waals surface area contributed by atoms with Crippen LogP contribution in [0.2, 0.25) is 0 Å². The summed E-state index contributed by atoms with van der Waals surface area (Å²) in [4.78, 5) is 15.4. The van der Waals surface area contributed by atoms with Gasteiger partial charge < -0.3 is 10.0 Å². The molecule has 0 saturated heterocycles. The van der Waals surface area contributed by atoms with Gasteiger partial charge in [0.15, 0.2) is 0 Å². The van der Waals surface area contributed by atoms with E-state index in [0.29, 0.717) is 0 Å². The van der Waals surface area contributed by atoms with Crippen molar-refractivity contribution in [3.8, 4) is 0 Å². The Hall–Kier alpha value is -1.79. The lowest BCUT2D eigenvalue weighted by atomic mass is 10.2. The lowest BCUT2D eigenvalue weighted by Crippen LogP contribution is -2.35. The second-order valence-electron chi connectivity index (χ2n) is 3.33. The Morgan fingerprint density at radius 1 is 1.53 bits per heavy atom. The number of hydrogen-bond donors (Lipinski definition) is 1. The van der Waals surface area contributed by atoms with E-state index in [1.165, 1.54) is 19.2 Å². The molecule has 0 fully saturated rings. The zero-order valence-electron chi connectivity index (χ0n) is 9.03. The molecule has 1 N–H and O–H groups in total. The first-order chi connectivity index (χ1) is 7.85. The smallest absolute Gasteiger partial charge is 0.405 e. The van der Waals surface area contributed by atoms with Gasteiger partial charge in [0, 0.05) is 18.9 Å². The lowest BCUT2D eigenvalue weighted by Gasteiger charge is -2.25. The van der Waals surface area contributed by atoms with Gasteiger partial charge in [-0.05, 0) is 13.0 Å². The van der Waals surface area contributed by atoms with Crippen LogP contribution in [0.25, 0.3) is 0 Å². The first-order valence-electron chi connectivity index (χ1n) is 4.84. The van der Waals surface area contributed by atoms with Crippen LogP contribution in [0.3, 0.4) is 0 Å². The van der Waals surface area contributed by atoms with Gasteiger partial charge in [-0.15, -0.1) is 0 Å². The molecule has 1 rings (SSSR count). The highest BCUT2D eigenvalue weighted by Crippen LogP contribution is 2.24. The fourth-order valence-electron chi connectivity index (χ4n) is 1.41. The van der Waals surface area contributed by atoms with Crippen molar-refractivity contribution in [3.63, 3.8) is 0 Å². The number of pyridine rings is 1. The van der Waals surface area contributed by atoms with Gasteiger partial charge in [-0.1, -0.05) is 0 Å². The van der Waals surface area contributed by atoms with E-state index >= 15 is 0 Å². The van der Waals surface area contributed by atoms with Crippen molar-refractivity contribution in [1.29, 1.82) is 0 Å². The number of carboxylic acid groups (broad SMARTS) is 1. The molecule has 1 aromatic rings. The van der Waals surface area contributed by atoms with Crippen LogP contribution in [0.4, 0.5) is 18.9 Å². The van der Waals surface area contributed by atoms with Gasteiger partial charge in [-0.25, -0.2) is 4.79 Å². The number of hydrogen-bond acceptors (Lipinski definition) is 3. The molecule has 0 saturated carbocycles. The molecule has 0 atom stereocenters. The van der Waals surface area contributed by atoms with Crippen molar-refractivity contribution < 1.29 is 23.1 Å². The SMILES string of the molecule is CCN(CC(F)(F)F)c1ccncc1C(=O)O. The van der Waals surface area contributed by atoms with E-state index < -0.39 is 18.7 Å². The largest absolute Gasteiger partial charge is 0.478 e. The van der Waals surface area contributed by atoms with Crippen molar-refractivity contribution in [3.05, 3.63) is 24.0 Å². The molecule has 0 bridgehead atoms. The summed E-state index contributed by atoms with van der Waals surface area (Å²) in [5.41, 5.74) is -0.217. The average molecular weight is 248 g/mol. The maximum Gasteiger partial charge on any atom is 0.405 e. The molecule has 0 aliphatic carbocycles. The number of aromatic nitrogens is 1. The Labute approximate surface area is 95.7 Å². The van der Waals surface area contributed by atoms with Gasteiger partial charge in [0.1, 0.15) is 12.1 Å². The van der Waals surface area contributed by atoms with Gasteiger partial charge in [-0.3, -0.25) is 4.98 Å². The quantitative estimate of drug-likeness (QED) is 0.887. The van der Waals surface area contributed by atoms with Crippen molar-refractivity contribution in [2.24, 2.45) is 0 Å². The topological polar surface area (TPSA) is 53.4 Å². The Kier molecular flexibility index (Phi) is 3.93. The normalized spacial score (nSPS) is 11.3. The van der Waals surface area contributed by atoms with Crippen LogP contribution in [0.5, 0.6) is 0 Å². The highest BCUT2D eigenvalue weighted by molar-refractivity contribution is 5.94. The number of nitrogens with zero attached hydrogens (tertiary/aromatic N) is 2. The molecule has 1 heterocycles. The first kappa shape index (κ1) is 13.3. The van der Waals surface area contributed by atoms with Crippen molar-refractivity contribution in [2.75, 3.05) is 18.0 Å². The van der Waals surface area contributed by atoms with Crippen LogP contribution in [-0.4, -0.2) is 35.3 Å². The summed E-state index contributed by atoms with van der Waals surface area (Å²) in [5.74, 6) is -1.30. The summed E-state index contributed by atoms with van der Waals surface area (Å²) < 4.78 is 36.9. The second kappa shape index (κ2) is 5.03. The Balaban J connectivity index is 3.07. The molecule has 94 valence electrons. The van der Waals surface area contributed by atoms with Crippen LogP contribution in [0.1, 0.15) is 17.3 Å². The lowest BCUT2D eigenvalue weighted by molar-refractivity contribution is -0.119. The van der Waals surface area contributed by atoms with E-state index in [1.54, 1.807) is 0 Å². The standard InChI is InChI=1S/C10H11F3N2O2/c1-2-15(6-10(11,12)13)8-3-4-14-5-7(8)9(16)17/h3-5H,2,6H2,1H3,(H,16,17). The summed E-state index contributed by atoms with van der Waals surface area (Å²) in [7, 11) is 0. The van der Waals surface area contributed by atoms with Crippen molar-refractivity contribution in [1.82, 2.24) is 4.98 Å². The molecule has 0 radical (unpaired) electrons. The highest BCUT2D eigenvalue weighted by Gasteiger charge is 2.31. The van der Waals surface area contributed by atoms with Crippen LogP contribution >= 0.6 is 0 Å². The molecule has 17 heavy (non-hydrogen) atoms. The second-order valence-corrected chi connectivity index (χ2v) is 3.33. The molecule has 1 aromatic heterocycles. The average Bonchev–Trinajstić information content (AvgIpc) is 2.24. The Morgan fingerprint density at radius 2 is 2.18 bits per heavy atom. The molecule has 0 amide bonds. The third-order valence-corrected chi connectivity index (χ3v) is 2.12. The van der Waals surface area contributed by atoms with E-state index in [4.69, 9.17) is 5.11 Å². The van der Waals surface area contributed by atoms with Crippen LogP contribution in [0, 0.1) is 0 Å². The Bertz CT molecular complexity index is 407. The molecular weight excluding hydrogens is 237 g/mol. The maximum absolute atomic E-state index is 12.3. The minimum atomic E-state index is -4.38. The number of rotatable bonds is 4. The molecular formula is C10H11F3N2O2. The van der Waals surface area contributed by atoms with Gasteiger partial charge in [0.05, 0.1) is 5.69 Å². The third-order valence-electron chi connectivity index (χ3n) is 2.12. The van der Waals surface area contributed by atoms with E-state index in [9.17, 15) is 18.0 Å². The number of halogens is 3. The molecule has 7 heteroatoms. The zero-order valence-corrected chi connectivity index (χ0v) is 9.03. The molecule has 0 unspecified atom stereocenters. The Morgan fingerprint density at radius 3 is 2.65 bits per heavy atom. The summed E-state index contributed by atoms with van der Waals surface area (Å²) in [5, 5.41) is 8.86. The first-order valence-corrected chi connectivity index (χ1v) is 4.84. The monoisotopic (exact) mass is 248 g/mol. The van der Waals surface area contributed by atoms with Crippen LogP contribution in [-0.2, 0) is 0 Å². The molecule has 0 aliphatic heterocycles. The van der Waals surface area contributed by atoms with Crippen molar-refractivity contribution >= 4 is 11.7 Å². The minimum absolute atomic E-state index is 0.0207. The molecule has 0 aromatic carbocycles. The number of aromatic carboxylic acids is 1. The highest BCUT2D eigenvalue weighted by atomic mass is 19.4. The summed E-state index contributed by atoms with van der Waals surface area (Å²) >= 11 is 0. The van der Waals surface area contributed by atoms with Crippen LogP contribution < -0.4 is 4.90 Å². The number of anilines is 1. The third kappa shape index (κ3) is 3.61. The fraction of sp³-hybridized carbons (Fsp3) is 0.400. The van der Waals surface area contributed by atoms with E-state index in [2.05, 4.69) is 4.98 Å². The number of alkyl halides is 3. The van der Waals surface area contributed by atoms with E-state index in [-0.39, 0.29) is 17.8 Å². The van der Waals surface area contributed by atoms with Gasteiger partial charge in [-0.2, -0.15) is 13.2 Å². The van der Waals surface area contributed by atoms with Gasteiger partial charge in [0.25, 0.3) is 0 Å². The predicted molar refractivity (Wildman–Crippen MR) is 55.1 cm³/mol. The molecule has 0 spiro atoms.